The Morgan fingerprint density at radius 2 is 2.12 bits per heavy atom. The molecular formula is C20H20FN5. The number of benzene rings is 2. The summed E-state index contributed by atoms with van der Waals surface area (Å²) in [5, 5.41) is 8.94. The molecule has 132 valence electrons. The number of imidazole rings is 1. The number of rotatable bonds is 3. The van der Waals surface area contributed by atoms with Gasteiger partial charge in [0.1, 0.15) is 5.82 Å². The zero-order valence-electron chi connectivity index (χ0n) is 14.4. The van der Waals surface area contributed by atoms with Crippen molar-refractivity contribution >= 4 is 17.0 Å². The van der Waals surface area contributed by atoms with E-state index in [1.165, 1.54) is 6.07 Å². The Hall–Kier alpha value is -2.91. The highest BCUT2D eigenvalue weighted by Gasteiger charge is 2.23. The lowest BCUT2D eigenvalue weighted by atomic mass is 10.1. The second-order valence-electron chi connectivity index (χ2n) is 6.75. The van der Waals surface area contributed by atoms with Crippen molar-refractivity contribution in [2.45, 2.75) is 25.4 Å². The van der Waals surface area contributed by atoms with Crippen LogP contribution in [-0.4, -0.2) is 28.7 Å². The van der Waals surface area contributed by atoms with Crippen LogP contribution in [0.4, 0.5) is 10.3 Å². The van der Waals surface area contributed by atoms with Gasteiger partial charge in [-0.05, 0) is 37.1 Å². The number of nitriles is 1. The van der Waals surface area contributed by atoms with Gasteiger partial charge < -0.3 is 15.2 Å². The number of piperidine rings is 1. The number of aromatic nitrogens is 2. The first-order valence-corrected chi connectivity index (χ1v) is 8.80. The van der Waals surface area contributed by atoms with Crippen molar-refractivity contribution in [1.29, 1.82) is 5.26 Å². The quantitative estimate of drug-likeness (QED) is 0.789. The Balaban J connectivity index is 1.78. The first-order chi connectivity index (χ1) is 12.7. The molecule has 26 heavy (non-hydrogen) atoms. The molecule has 0 radical (unpaired) electrons. The molecule has 2 aromatic carbocycles. The van der Waals surface area contributed by atoms with Crippen molar-refractivity contribution in [2.24, 2.45) is 5.73 Å². The molecule has 1 fully saturated rings. The average Bonchev–Trinajstić information content (AvgIpc) is 3.02. The molecule has 1 aliphatic heterocycles. The molecule has 0 spiro atoms. The van der Waals surface area contributed by atoms with E-state index in [1.54, 1.807) is 12.1 Å². The molecule has 2 N–H and O–H groups in total. The molecular weight excluding hydrogens is 329 g/mol. The van der Waals surface area contributed by atoms with Crippen LogP contribution in [0.25, 0.3) is 11.0 Å². The van der Waals surface area contributed by atoms with Crippen molar-refractivity contribution in [2.75, 3.05) is 18.0 Å². The normalized spacial score (nSPS) is 17.4. The number of fused-ring (bicyclic) bond motifs is 1. The van der Waals surface area contributed by atoms with Crippen LogP contribution < -0.4 is 10.6 Å². The molecule has 1 saturated heterocycles. The smallest absolute Gasteiger partial charge is 0.206 e. The van der Waals surface area contributed by atoms with Gasteiger partial charge in [0, 0.05) is 24.7 Å². The minimum absolute atomic E-state index is 0.128. The summed E-state index contributed by atoms with van der Waals surface area (Å²) >= 11 is 0. The van der Waals surface area contributed by atoms with E-state index in [0.29, 0.717) is 17.7 Å². The minimum Gasteiger partial charge on any atom is -0.341 e. The molecule has 1 atom stereocenters. The zero-order valence-corrected chi connectivity index (χ0v) is 14.4. The highest BCUT2D eigenvalue weighted by Crippen LogP contribution is 2.26. The molecule has 4 rings (SSSR count). The van der Waals surface area contributed by atoms with Crippen molar-refractivity contribution in [3.63, 3.8) is 0 Å². The van der Waals surface area contributed by atoms with Gasteiger partial charge in [0.2, 0.25) is 5.95 Å². The molecule has 1 aliphatic rings. The van der Waals surface area contributed by atoms with Gasteiger partial charge in [-0.3, -0.25) is 0 Å². The Morgan fingerprint density at radius 1 is 1.27 bits per heavy atom. The first kappa shape index (κ1) is 16.6. The average molecular weight is 349 g/mol. The van der Waals surface area contributed by atoms with E-state index in [0.717, 1.165) is 42.9 Å². The third-order valence-corrected chi connectivity index (χ3v) is 4.89. The Bertz CT molecular complexity index is 988. The minimum atomic E-state index is -0.372. The molecule has 5 nitrogen and oxygen atoms in total. The van der Waals surface area contributed by atoms with Crippen LogP contribution in [0.15, 0.2) is 42.5 Å². The molecule has 3 aromatic rings. The Labute approximate surface area is 151 Å². The molecule has 6 heteroatoms. The van der Waals surface area contributed by atoms with Crippen molar-refractivity contribution in [1.82, 2.24) is 9.55 Å². The summed E-state index contributed by atoms with van der Waals surface area (Å²) in [5.74, 6) is 0.452. The van der Waals surface area contributed by atoms with Gasteiger partial charge in [0.05, 0.1) is 29.2 Å². The van der Waals surface area contributed by atoms with Gasteiger partial charge in [-0.2, -0.15) is 5.26 Å². The molecule has 0 amide bonds. The van der Waals surface area contributed by atoms with Crippen LogP contribution in [0, 0.1) is 17.1 Å². The second kappa shape index (κ2) is 6.77. The maximum Gasteiger partial charge on any atom is 0.206 e. The third kappa shape index (κ3) is 3.02. The van der Waals surface area contributed by atoms with Gasteiger partial charge >= 0.3 is 0 Å². The lowest BCUT2D eigenvalue weighted by Gasteiger charge is -2.32. The maximum atomic E-state index is 14.4. The summed E-state index contributed by atoms with van der Waals surface area (Å²) in [7, 11) is 0. The van der Waals surface area contributed by atoms with Gasteiger partial charge in [-0.1, -0.05) is 18.2 Å². The monoisotopic (exact) mass is 349 g/mol. The van der Waals surface area contributed by atoms with Crippen molar-refractivity contribution in [3.05, 3.63) is 59.4 Å². The lowest BCUT2D eigenvalue weighted by molar-refractivity contribution is 0.494. The van der Waals surface area contributed by atoms with E-state index in [1.807, 2.05) is 34.9 Å². The summed E-state index contributed by atoms with van der Waals surface area (Å²) in [5.41, 5.74) is 8.85. The van der Waals surface area contributed by atoms with Crippen LogP contribution in [0.5, 0.6) is 0 Å². The van der Waals surface area contributed by atoms with Crippen LogP contribution >= 0.6 is 0 Å². The van der Waals surface area contributed by atoms with E-state index in [4.69, 9.17) is 16.0 Å². The standard InChI is InChI=1S/C20H20FN5/c21-17-10-14(11-22)7-8-15(17)12-26-19-6-2-1-5-18(19)24-20(26)25-9-3-4-16(23)13-25/h1-2,5-8,10,16H,3-4,9,12-13,23H2. The Kier molecular flexibility index (Phi) is 4.31. The van der Waals surface area contributed by atoms with E-state index in [2.05, 4.69) is 4.90 Å². The fourth-order valence-electron chi connectivity index (χ4n) is 3.57. The number of nitrogens with zero attached hydrogens (tertiary/aromatic N) is 4. The fraction of sp³-hybridized carbons (Fsp3) is 0.300. The number of para-hydroxylation sites is 2. The SMILES string of the molecule is N#Cc1ccc(Cn2c(N3CCCC(N)C3)nc3ccccc32)c(F)c1. The van der Waals surface area contributed by atoms with Crippen LogP contribution in [0.1, 0.15) is 24.0 Å². The summed E-state index contributed by atoms with van der Waals surface area (Å²) in [6, 6.07) is 14.6. The van der Waals surface area contributed by atoms with E-state index < -0.39 is 0 Å². The number of hydrogen-bond acceptors (Lipinski definition) is 4. The topological polar surface area (TPSA) is 70.9 Å². The highest BCUT2D eigenvalue weighted by atomic mass is 19.1. The molecule has 0 aliphatic carbocycles. The third-order valence-electron chi connectivity index (χ3n) is 4.89. The maximum absolute atomic E-state index is 14.4. The first-order valence-electron chi connectivity index (χ1n) is 8.80. The van der Waals surface area contributed by atoms with E-state index >= 15 is 0 Å². The van der Waals surface area contributed by atoms with Crippen molar-refractivity contribution < 1.29 is 4.39 Å². The van der Waals surface area contributed by atoms with Crippen molar-refractivity contribution in [3.8, 4) is 6.07 Å². The van der Waals surface area contributed by atoms with Crippen LogP contribution in [0.3, 0.4) is 0 Å². The molecule has 1 unspecified atom stereocenters. The Morgan fingerprint density at radius 3 is 2.88 bits per heavy atom. The van der Waals surface area contributed by atoms with Crippen LogP contribution in [-0.2, 0) is 6.54 Å². The number of hydrogen-bond donors (Lipinski definition) is 1. The number of nitrogens with two attached hydrogens (primary N) is 1. The van der Waals surface area contributed by atoms with Crippen LogP contribution in [0.2, 0.25) is 0 Å². The van der Waals surface area contributed by atoms with Gasteiger partial charge in [0.15, 0.2) is 0 Å². The van der Waals surface area contributed by atoms with Gasteiger partial charge in [-0.15, -0.1) is 0 Å². The van der Waals surface area contributed by atoms with Gasteiger partial charge in [0.25, 0.3) is 0 Å². The predicted molar refractivity (Wildman–Crippen MR) is 99.4 cm³/mol. The van der Waals surface area contributed by atoms with Gasteiger partial charge in [-0.25, -0.2) is 9.37 Å². The molecule has 1 aromatic heterocycles. The predicted octanol–water partition coefficient (Wildman–Crippen LogP) is 3.02. The fourth-order valence-corrected chi connectivity index (χ4v) is 3.57. The highest BCUT2D eigenvalue weighted by molar-refractivity contribution is 5.79. The van der Waals surface area contributed by atoms with E-state index in [9.17, 15) is 4.39 Å². The summed E-state index contributed by atoms with van der Waals surface area (Å²) in [4.78, 5) is 6.98. The zero-order chi connectivity index (χ0) is 18.1. The summed E-state index contributed by atoms with van der Waals surface area (Å²) in [6.07, 6.45) is 2.04. The summed E-state index contributed by atoms with van der Waals surface area (Å²) in [6.45, 7) is 2.01. The molecule has 0 saturated carbocycles. The lowest BCUT2D eigenvalue weighted by Crippen LogP contribution is -2.44. The molecule has 2 heterocycles. The number of halogens is 1. The summed E-state index contributed by atoms with van der Waals surface area (Å²) < 4.78 is 16.5. The second-order valence-corrected chi connectivity index (χ2v) is 6.75. The largest absolute Gasteiger partial charge is 0.341 e. The molecule has 0 bridgehead atoms. The van der Waals surface area contributed by atoms with E-state index in [-0.39, 0.29) is 11.9 Å². The number of anilines is 1.